The lowest BCUT2D eigenvalue weighted by Gasteiger charge is -2.27. The summed E-state index contributed by atoms with van der Waals surface area (Å²) in [6.07, 6.45) is 0.261. The van der Waals surface area contributed by atoms with Crippen molar-refractivity contribution in [3.8, 4) is 0 Å². The van der Waals surface area contributed by atoms with Crippen LogP contribution in [0, 0.1) is 0 Å². The maximum atomic E-state index is 13.8. The number of methoxy groups -OCH3 is 1. The fourth-order valence-electron chi connectivity index (χ4n) is 4.65. The highest BCUT2D eigenvalue weighted by Crippen LogP contribution is 2.32. The Bertz CT molecular complexity index is 1490. The number of aromatic amines is 1. The number of rotatable bonds is 10. The first-order valence-electron chi connectivity index (χ1n) is 12.4. The number of hydrogen-bond acceptors (Lipinski definition) is 7. The summed E-state index contributed by atoms with van der Waals surface area (Å²) in [7, 11) is 1.45. The molecule has 1 fully saturated rings. The summed E-state index contributed by atoms with van der Waals surface area (Å²) >= 11 is 0. The number of H-pyrrole nitrogens is 1. The van der Waals surface area contributed by atoms with Crippen LogP contribution in [0.3, 0.4) is 0 Å². The van der Waals surface area contributed by atoms with Crippen LogP contribution in [0.5, 0.6) is 0 Å². The molecule has 0 bridgehead atoms. The van der Waals surface area contributed by atoms with Gasteiger partial charge in [0.2, 0.25) is 5.91 Å². The molecule has 4 rings (SSSR count). The molecule has 1 aliphatic heterocycles. The maximum Gasteiger partial charge on any atom is 0.330 e. The molecule has 4 amide bonds. The lowest BCUT2D eigenvalue weighted by Crippen LogP contribution is -2.47. The Hall–Kier alpha value is -4.71. The number of nitrogens with zero attached hydrogens (tertiary/aromatic N) is 3. The van der Waals surface area contributed by atoms with Crippen molar-refractivity contribution < 1.29 is 19.1 Å². The molecule has 39 heavy (non-hydrogen) atoms. The zero-order valence-corrected chi connectivity index (χ0v) is 21.7. The third-order valence-corrected chi connectivity index (χ3v) is 6.75. The van der Waals surface area contributed by atoms with Crippen LogP contribution in [0.15, 0.2) is 70.3 Å². The third kappa shape index (κ3) is 5.18. The number of benzene rings is 2. The molecular weight excluding hydrogens is 504 g/mol. The number of anilines is 2. The summed E-state index contributed by atoms with van der Waals surface area (Å²) in [5.41, 5.74) is 4.28. The van der Waals surface area contributed by atoms with Crippen molar-refractivity contribution in [3.63, 3.8) is 0 Å². The van der Waals surface area contributed by atoms with Gasteiger partial charge in [0.25, 0.3) is 11.5 Å². The van der Waals surface area contributed by atoms with Crippen LogP contribution in [0.2, 0.25) is 0 Å². The SMILES string of the molecule is CC[C@@]1(c2ccccc2)NC(=O)N(CC(=O)N(Cc2ccccc2)c2c(N)n(CCOC)c(=O)[nH]c2=O)C1=O. The number of urea groups is 1. The fourth-order valence-corrected chi connectivity index (χ4v) is 4.65. The van der Waals surface area contributed by atoms with Crippen molar-refractivity contribution in [3.05, 3.63) is 92.6 Å². The van der Waals surface area contributed by atoms with Gasteiger partial charge in [-0.1, -0.05) is 67.6 Å². The Kier molecular flexibility index (Phi) is 7.96. The lowest BCUT2D eigenvalue weighted by molar-refractivity contribution is -0.134. The zero-order valence-electron chi connectivity index (χ0n) is 21.7. The Balaban J connectivity index is 1.73. The first-order valence-corrected chi connectivity index (χ1v) is 12.4. The molecule has 12 nitrogen and oxygen atoms in total. The van der Waals surface area contributed by atoms with E-state index in [0.717, 1.165) is 14.4 Å². The summed E-state index contributed by atoms with van der Waals surface area (Å²) in [6, 6.07) is 16.9. The van der Waals surface area contributed by atoms with Gasteiger partial charge in [0.05, 0.1) is 19.7 Å². The van der Waals surface area contributed by atoms with Crippen LogP contribution < -0.4 is 27.2 Å². The Labute approximate surface area is 224 Å². The highest BCUT2D eigenvalue weighted by atomic mass is 16.5. The van der Waals surface area contributed by atoms with Gasteiger partial charge < -0.3 is 15.8 Å². The maximum absolute atomic E-state index is 13.8. The van der Waals surface area contributed by atoms with Crippen molar-refractivity contribution >= 4 is 29.4 Å². The molecule has 2 aromatic carbocycles. The number of imide groups is 1. The summed E-state index contributed by atoms with van der Waals surface area (Å²) < 4.78 is 6.13. The molecule has 0 unspecified atom stereocenters. The average molecular weight is 535 g/mol. The van der Waals surface area contributed by atoms with E-state index in [1.54, 1.807) is 67.6 Å². The number of carbonyl (C=O) groups is 3. The van der Waals surface area contributed by atoms with Crippen LogP contribution in [0.1, 0.15) is 24.5 Å². The van der Waals surface area contributed by atoms with E-state index < -0.39 is 41.2 Å². The smallest absolute Gasteiger partial charge is 0.330 e. The van der Waals surface area contributed by atoms with Crippen LogP contribution in [-0.4, -0.2) is 52.6 Å². The molecule has 0 saturated carbocycles. The Morgan fingerprint density at radius 3 is 2.28 bits per heavy atom. The predicted molar refractivity (Wildman–Crippen MR) is 144 cm³/mol. The normalized spacial score (nSPS) is 16.8. The van der Waals surface area contributed by atoms with Gasteiger partial charge in [-0.25, -0.2) is 9.59 Å². The highest BCUT2D eigenvalue weighted by Gasteiger charge is 2.52. The number of hydrogen-bond donors (Lipinski definition) is 3. The minimum Gasteiger partial charge on any atom is -0.383 e. The summed E-state index contributed by atoms with van der Waals surface area (Å²) in [5, 5.41) is 2.74. The number of nitrogens with one attached hydrogen (secondary N) is 2. The monoisotopic (exact) mass is 534 g/mol. The number of amides is 4. The van der Waals surface area contributed by atoms with E-state index >= 15 is 0 Å². The number of ether oxygens (including phenoxy) is 1. The van der Waals surface area contributed by atoms with Crippen LogP contribution >= 0.6 is 0 Å². The first kappa shape index (κ1) is 27.3. The second-order valence-electron chi connectivity index (χ2n) is 9.05. The topological polar surface area (TPSA) is 160 Å². The van der Waals surface area contributed by atoms with E-state index in [9.17, 15) is 24.0 Å². The molecule has 1 aliphatic rings. The van der Waals surface area contributed by atoms with E-state index in [1.807, 2.05) is 0 Å². The molecule has 0 radical (unpaired) electrons. The minimum atomic E-state index is -1.33. The Morgan fingerprint density at radius 2 is 1.67 bits per heavy atom. The van der Waals surface area contributed by atoms with Crippen molar-refractivity contribution in [2.24, 2.45) is 0 Å². The van der Waals surface area contributed by atoms with Gasteiger partial charge in [0, 0.05) is 7.11 Å². The largest absolute Gasteiger partial charge is 0.383 e. The minimum absolute atomic E-state index is 0.0292. The zero-order chi connectivity index (χ0) is 28.2. The van der Waals surface area contributed by atoms with Gasteiger partial charge in [-0.3, -0.25) is 33.7 Å². The summed E-state index contributed by atoms with van der Waals surface area (Å²) in [5.74, 6) is -1.56. The molecule has 1 aromatic heterocycles. The van der Waals surface area contributed by atoms with Crippen molar-refractivity contribution in [2.45, 2.75) is 32.0 Å². The van der Waals surface area contributed by atoms with Crippen LogP contribution in [0.4, 0.5) is 16.3 Å². The molecule has 4 N–H and O–H groups in total. The number of nitrogen functional groups attached to an aromatic ring is 1. The molecule has 204 valence electrons. The number of aromatic nitrogens is 2. The van der Waals surface area contributed by atoms with Gasteiger partial charge >= 0.3 is 11.7 Å². The van der Waals surface area contributed by atoms with Gasteiger partial charge in [-0.15, -0.1) is 0 Å². The molecule has 3 aromatic rings. The van der Waals surface area contributed by atoms with E-state index in [2.05, 4.69) is 10.3 Å². The highest BCUT2D eigenvalue weighted by molar-refractivity contribution is 6.11. The fraction of sp³-hybridized carbons (Fsp3) is 0.296. The van der Waals surface area contributed by atoms with E-state index in [4.69, 9.17) is 10.5 Å². The van der Waals surface area contributed by atoms with Crippen molar-refractivity contribution in [1.29, 1.82) is 0 Å². The summed E-state index contributed by atoms with van der Waals surface area (Å²) in [6.45, 7) is 1.17. The molecular formula is C27H30N6O6. The first-order chi connectivity index (χ1) is 18.7. The van der Waals surface area contributed by atoms with Gasteiger partial charge in [-0.2, -0.15) is 0 Å². The van der Waals surface area contributed by atoms with Crippen molar-refractivity contribution in [2.75, 3.05) is 30.9 Å². The number of nitrogens with two attached hydrogens (primary N) is 1. The number of carbonyl (C=O) groups excluding carboxylic acids is 3. The van der Waals surface area contributed by atoms with E-state index in [0.29, 0.717) is 11.1 Å². The molecule has 12 heteroatoms. The second-order valence-corrected chi connectivity index (χ2v) is 9.05. The van der Waals surface area contributed by atoms with Crippen LogP contribution in [0.25, 0.3) is 0 Å². The van der Waals surface area contributed by atoms with Crippen molar-refractivity contribution in [1.82, 2.24) is 19.8 Å². The van der Waals surface area contributed by atoms with Gasteiger partial charge in [0.1, 0.15) is 17.9 Å². The molecule has 1 atom stereocenters. The van der Waals surface area contributed by atoms with E-state index in [1.165, 1.54) is 7.11 Å². The van der Waals surface area contributed by atoms with Crippen LogP contribution in [-0.2, 0) is 33.0 Å². The van der Waals surface area contributed by atoms with Gasteiger partial charge in [-0.05, 0) is 17.5 Å². The second kappa shape index (κ2) is 11.4. The standard InChI is InChI=1S/C27H30N6O6/c1-3-27(19-12-8-5-9-13-19)24(36)33(26(38)30-27)17-20(34)32(16-18-10-6-4-7-11-18)21-22(28)31(14-15-39-2)25(37)29-23(21)35/h4-13H,3,14-17,28H2,1-2H3,(H,30,38)(H,29,35,37)/t27-/m0/s1. The predicted octanol–water partition coefficient (Wildman–Crippen LogP) is 1.16. The quantitative estimate of drug-likeness (QED) is 0.329. The third-order valence-electron chi connectivity index (χ3n) is 6.75. The molecule has 0 aliphatic carbocycles. The lowest BCUT2D eigenvalue weighted by atomic mass is 9.87. The molecule has 1 saturated heterocycles. The Morgan fingerprint density at radius 1 is 1.03 bits per heavy atom. The summed E-state index contributed by atoms with van der Waals surface area (Å²) in [4.78, 5) is 69.9. The molecule has 0 spiro atoms. The van der Waals surface area contributed by atoms with E-state index in [-0.39, 0.29) is 37.6 Å². The molecule has 2 heterocycles. The van der Waals surface area contributed by atoms with Gasteiger partial charge in [0.15, 0.2) is 5.69 Å². The average Bonchev–Trinajstić information content (AvgIpc) is 3.18.